The van der Waals surface area contributed by atoms with Gasteiger partial charge in [0.25, 0.3) is 5.91 Å². The van der Waals surface area contributed by atoms with E-state index in [1.807, 2.05) is 24.3 Å². The smallest absolute Gasteiger partial charge is 0.255 e. The van der Waals surface area contributed by atoms with Gasteiger partial charge in [0.05, 0.1) is 30.6 Å². The first-order chi connectivity index (χ1) is 12.2. The first kappa shape index (κ1) is 15.2. The number of methoxy groups -OCH3 is 1. The Labute approximate surface area is 144 Å². The number of rotatable bonds is 4. The predicted molar refractivity (Wildman–Crippen MR) is 90.0 cm³/mol. The van der Waals surface area contributed by atoms with Gasteiger partial charge in [0.15, 0.2) is 5.82 Å². The van der Waals surface area contributed by atoms with Crippen LogP contribution in [0.2, 0.25) is 0 Å². The van der Waals surface area contributed by atoms with Gasteiger partial charge in [-0.2, -0.15) is 0 Å². The van der Waals surface area contributed by atoms with Crippen molar-refractivity contribution in [1.82, 2.24) is 25.3 Å². The fourth-order valence-corrected chi connectivity index (χ4v) is 2.82. The molecule has 1 amide bonds. The molecular weight excluding hydrogens is 318 g/mol. The standard InChI is InChI=1S/C18H15N5O2/c1-25-12-4-2-11(3-5-12)8-14-16-13(18(24)22-14)9-21-17(23-16)15-10-19-6-7-20-15/h2-7,9-10,14H,8H2,1H3,(H,22,24). The molecule has 1 atom stereocenters. The quantitative estimate of drug-likeness (QED) is 0.785. The molecule has 0 fully saturated rings. The van der Waals surface area contributed by atoms with Crippen LogP contribution in [0.1, 0.15) is 27.7 Å². The van der Waals surface area contributed by atoms with Gasteiger partial charge in [-0.25, -0.2) is 15.0 Å². The van der Waals surface area contributed by atoms with E-state index in [2.05, 4.69) is 25.3 Å². The Bertz CT molecular complexity index is 913. The number of nitrogens with zero attached hydrogens (tertiary/aromatic N) is 4. The van der Waals surface area contributed by atoms with Gasteiger partial charge in [-0.05, 0) is 24.1 Å². The molecule has 0 aliphatic carbocycles. The summed E-state index contributed by atoms with van der Waals surface area (Å²) in [4.78, 5) is 29.2. The highest BCUT2D eigenvalue weighted by Crippen LogP contribution is 2.28. The maximum Gasteiger partial charge on any atom is 0.255 e. The summed E-state index contributed by atoms with van der Waals surface area (Å²) < 4.78 is 5.17. The fraction of sp³-hybridized carbons (Fsp3) is 0.167. The molecule has 7 heteroatoms. The number of aromatic nitrogens is 4. The highest BCUT2D eigenvalue weighted by Gasteiger charge is 2.31. The summed E-state index contributed by atoms with van der Waals surface area (Å²) >= 11 is 0. The van der Waals surface area contributed by atoms with Crippen LogP contribution in [-0.2, 0) is 6.42 Å². The molecule has 0 radical (unpaired) electrons. The van der Waals surface area contributed by atoms with Crippen LogP contribution in [0.15, 0.2) is 49.1 Å². The number of carbonyl (C=O) groups is 1. The largest absolute Gasteiger partial charge is 0.497 e. The van der Waals surface area contributed by atoms with Crippen LogP contribution in [0.3, 0.4) is 0 Å². The molecule has 7 nitrogen and oxygen atoms in total. The van der Waals surface area contributed by atoms with E-state index < -0.39 is 0 Å². The lowest BCUT2D eigenvalue weighted by Gasteiger charge is -2.12. The number of ether oxygens (including phenoxy) is 1. The van der Waals surface area contributed by atoms with Crippen molar-refractivity contribution >= 4 is 5.91 Å². The van der Waals surface area contributed by atoms with Crippen molar-refractivity contribution in [2.24, 2.45) is 0 Å². The van der Waals surface area contributed by atoms with E-state index in [9.17, 15) is 4.79 Å². The van der Waals surface area contributed by atoms with Crippen LogP contribution in [0.5, 0.6) is 5.75 Å². The lowest BCUT2D eigenvalue weighted by Crippen LogP contribution is -2.20. The molecular formula is C18H15N5O2. The van der Waals surface area contributed by atoms with Gasteiger partial charge in [0, 0.05) is 18.6 Å². The van der Waals surface area contributed by atoms with Crippen molar-refractivity contribution in [1.29, 1.82) is 0 Å². The summed E-state index contributed by atoms with van der Waals surface area (Å²) in [6.45, 7) is 0. The summed E-state index contributed by atoms with van der Waals surface area (Å²) in [5, 5.41) is 2.97. The molecule has 3 aromatic rings. The van der Waals surface area contributed by atoms with Gasteiger partial charge in [-0.3, -0.25) is 9.78 Å². The minimum absolute atomic E-state index is 0.154. The summed E-state index contributed by atoms with van der Waals surface area (Å²) in [7, 11) is 1.63. The Kier molecular flexibility index (Phi) is 3.81. The molecule has 1 N–H and O–H groups in total. The molecule has 1 aliphatic heterocycles. The Balaban J connectivity index is 1.65. The van der Waals surface area contributed by atoms with E-state index in [0.717, 1.165) is 11.3 Å². The Morgan fingerprint density at radius 1 is 1.12 bits per heavy atom. The van der Waals surface area contributed by atoms with Crippen LogP contribution >= 0.6 is 0 Å². The van der Waals surface area contributed by atoms with Crippen molar-refractivity contribution in [3.05, 3.63) is 65.9 Å². The zero-order chi connectivity index (χ0) is 17.2. The van der Waals surface area contributed by atoms with Crippen LogP contribution in [0.4, 0.5) is 0 Å². The lowest BCUT2D eigenvalue weighted by molar-refractivity contribution is 0.0956. The van der Waals surface area contributed by atoms with Gasteiger partial charge < -0.3 is 10.1 Å². The zero-order valence-electron chi connectivity index (χ0n) is 13.5. The molecule has 0 saturated heterocycles. The van der Waals surface area contributed by atoms with E-state index in [4.69, 9.17) is 4.74 Å². The average molecular weight is 333 g/mol. The van der Waals surface area contributed by atoms with E-state index in [1.165, 1.54) is 0 Å². The minimum Gasteiger partial charge on any atom is -0.497 e. The highest BCUT2D eigenvalue weighted by molar-refractivity contribution is 5.98. The third-order valence-corrected chi connectivity index (χ3v) is 4.09. The molecule has 0 bridgehead atoms. The SMILES string of the molecule is COc1ccc(CC2NC(=O)c3cnc(-c4cnccn4)nc32)cc1. The van der Waals surface area contributed by atoms with Crippen LogP contribution in [-0.4, -0.2) is 33.0 Å². The van der Waals surface area contributed by atoms with Crippen molar-refractivity contribution in [3.8, 4) is 17.3 Å². The van der Waals surface area contributed by atoms with E-state index in [-0.39, 0.29) is 11.9 Å². The molecule has 0 spiro atoms. The first-order valence-electron chi connectivity index (χ1n) is 7.81. The number of fused-ring (bicyclic) bond motifs is 1. The fourth-order valence-electron chi connectivity index (χ4n) is 2.82. The normalized spacial score (nSPS) is 15.6. The first-order valence-corrected chi connectivity index (χ1v) is 7.81. The van der Waals surface area contributed by atoms with Crippen LogP contribution < -0.4 is 10.1 Å². The number of hydrogen-bond acceptors (Lipinski definition) is 6. The zero-order valence-corrected chi connectivity index (χ0v) is 13.5. The lowest BCUT2D eigenvalue weighted by atomic mass is 10.0. The van der Waals surface area contributed by atoms with Crippen molar-refractivity contribution in [3.63, 3.8) is 0 Å². The van der Waals surface area contributed by atoms with Gasteiger partial charge in [0.1, 0.15) is 11.4 Å². The maximum atomic E-state index is 12.2. The van der Waals surface area contributed by atoms with Gasteiger partial charge in [-0.1, -0.05) is 12.1 Å². The van der Waals surface area contributed by atoms with E-state index in [0.29, 0.717) is 29.2 Å². The number of benzene rings is 1. The molecule has 25 heavy (non-hydrogen) atoms. The van der Waals surface area contributed by atoms with Crippen molar-refractivity contribution < 1.29 is 9.53 Å². The van der Waals surface area contributed by atoms with Gasteiger partial charge in [0.2, 0.25) is 0 Å². The highest BCUT2D eigenvalue weighted by atomic mass is 16.5. The second kappa shape index (κ2) is 6.27. The molecule has 124 valence electrons. The number of carbonyl (C=O) groups excluding carboxylic acids is 1. The van der Waals surface area contributed by atoms with Crippen molar-refractivity contribution in [2.75, 3.05) is 7.11 Å². The number of hydrogen-bond donors (Lipinski definition) is 1. The predicted octanol–water partition coefficient (Wildman–Crippen LogP) is 1.97. The van der Waals surface area contributed by atoms with E-state index >= 15 is 0 Å². The maximum absolute atomic E-state index is 12.2. The Hall–Kier alpha value is -3.35. The topological polar surface area (TPSA) is 89.9 Å². The monoisotopic (exact) mass is 333 g/mol. The molecule has 4 rings (SSSR count). The molecule has 2 aromatic heterocycles. The molecule has 1 unspecified atom stereocenters. The summed E-state index contributed by atoms with van der Waals surface area (Å²) in [5.41, 5.74) is 2.86. The third-order valence-electron chi connectivity index (χ3n) is 4.09. The molecule has 1 aromatic carbocycles. The van der Waals surface area contributed by atoms with Gasteiger partial charge >= 0.3 is 0 Å². The minimum atomic E-state index is -0.200. The van der Waals surface area contributed by atoms with Crippen LogP contribution in [0, 0.1) is 0 Å². The Morgan fingerprint density at radius 3 is 2.68 bits per heavy atom. The van der Waals surface area contributed by atoms with Gasteiger partial charge in [-0.15, -0.1) is 0 Å². The summed E-state index contributed by atoms with van der Waals surface area (Å²) in [6.07, 6.45) is 6.97. The third kappa shape index (κ3) is 2.91. The number of amides is 1. The van der Waals surface area contributed by atoms with Crippen molar-refractivity contribution in [2.45, 2.75) is 12.5 Å². The molecule has 3 heterocycles. The molecule has 0 saturated carbocycles. The molecule has 1 aliphatic rings. The van der Waals surface area contributed by atoms with Crippen LogP contribution in [0.25, 0.3) is 11.5 Å². The second-order valence-electron chi connectivity index (χ2n) is 5.66. The summed E-state index contributed by atoms with van der Waals surface area (Å²) in [5.74, 6) is 1.11. The summed E-state index contributed by atoms with van der Waals surface area (Å²) in [6, 6.07) is 7.56. The second-order valence-corrected chi connectivity index (χ2v) is 5.66. The average Bonchev–Trinajstić information content (AvgIpc) is 2.98. The Morgan fingerprint density at radius 2 is 1.96 bits per heavy atom. The van der Waals surface area contributed by atoms with E-state index in [1.54, 1.807) is 31.9 Å². The number of nitrogens with one attached hydrogen (secondary N) is 1.